The number of nitrogen functional groups attached to an aromatic ring is 1. The van der Waals surface area contributed by atoms with E-state index in [1.807, 2.05) is 39.0 Å². The minimum absolute atomic E-state index is 0.127. The summed E-state index contributed by atoms with van der Waals surface area (Å²) in [6, 6.07) is 5.93. The summed E-state index contributed by atoms with van der Waals surface area (Å²) < 4.78 is 27.2. The molecular formula is C20H27N5O3S. The van der Waals surface area contributed by atoms with Crippen molar-refractivity contribution < 1.29 is 13.2 Å². The van der Waals surface area contributed by atoms with Crippen molar-refractivity contribution in [1.29, 1.82) is 0 Å². The molecule has 4 rings (SSSR count). The molecule has 0 amide bonds. The third-order valence-electron chi connectivity index (χ3n) is 6.01. The van der Waals surface area contributed by atoms with Gasteiger partial charge in [-0.05, 0) is 38.3 Å². The molecule has 0 bridgehead atoms. The number of fused-ring (bicyclic) bond motifs is 2. The van der Waals surface area contributed by atoms with E-state index in [1.165, 1.54) is 15.2 Å². The minimum atomic E-state index is -3.42. The number of sulfonamides is 1. The van der Waals surface area contributed by atoms with Crippen LogP contribution in [0.1, 0.15) is 53.4 Å². The number of carbonyl (C=O) groups excluding carboxylic acids is 1. The van der Waals surface area contributed by atoms with E-state index in [2.05, 4.69) is 10.4 Å². The van der Waals surface area contributed by atoms with Crippen molar-refractivity contribution in [1.82, 2.24) is 14.1 Å². The van der Waals surface area contributed by atoms with Gasteiger partial charge < -0.3 is 11.1 Å². The van der Waals surface area contributed by atoms with E-state index in [0.717, 1.165) is 16.8 Å². The highest BCUT2D eigenvalue weighted by Gasteiger charge is 2.42. The topological polar surface area (TPSA) is 110 Å². The van der Waals surface area contributed by atoms with Gasteiger partial charge >= 0.3 is 0 Å². The smallest absolute Gasteiger partial charge is 0.256 e. The van der Waals surface area contributed by atoms with Crippen LogP contribution < -0.4 is 11.1 Å². The van der Waals surface area contributed by atoms with E-state index in [0.29, 0.717) is 30.6 Å². The van der Waals surface area contributed by atoms with Crippen LogP contribution in [-0.2, 0) is 23.0 Å². The first-order valence-electron chi connectivity index (χ1n) is 9.72. The van der Waals surface area contributed by atoms with Gasteiger partial charge in [0.25, 0.3) is 5.91 Å². The Bertz CT molecular complexity index is 1100. The molecule has 8 nitrogen and oxygen atoms in total. The molecule has 156 valence electrons. The summed E-state index contributed by atoms with van der Waals surface area (Å²) in [4.78, 5) is 13.4. The average Bonchev–Trinajstić information content (AvgIpc) is 2.94. The van der Waals surface area contributed by atoms with Crippen molar-refractivity contribution >= 4 is 27.4 Å². The zero-order valence-corrected chi connectivity index (χ0v) is 18.0. The standard InChI is InChI=1S/C20H27N5O3S/c1-12-6-5-7-13-14(8-9-22-17(12)13)19(26)25-18(21)15-11-24(29(4,27)28)20(2,3)10-16(15)23-25/h5-7,14,22H,8-11,21H2,1-4H3. The number of carbonyl (C=O) groups is 1. The lowest BCUT2D eigenvalue weighted by Crippen LogP contribution is -2.50. The molecule has 3 N–H and O–H groups in total. The van der Waals surface area contributed by atoms with Crippen LogP contribution in [0.4, 0.5) is 11.5 Å². The Kier molecular flexibility index (Phi) is 4.51. The van der Waals surface area contributed by atoms with Crippen LogP contribution in [0, 0.1) is 6.92 Å². The SMILES string of the molecule is Cc1cccc2c1NCCC2C(=O)n1nc2c(c1N)CN(S(C)(=O)=O)C(C)(C)C2. The molecule has 0 radical (unpaired) electrons. The van der Waals surface area contributed by atoms with Gasteiger partial charge in [0.2, 0.25) is 10.0 Å². The number of nitrogens with one attached hydrogen (secondary N) is 1. The van der Waals surface area contributed by atoms with Crippen molar-refractivity contribution in [2.45, 2.75) is 51.6 Å². The highest BCUT2D eigenvalue weighted by atomic mass is 32.2. The van der Waals surface area contributed by atoms with Crippen molar-refractivity contribution in [2.24, 2.45) is 0 Å². The Balaban J connectivity index is 1.74. The van der Waals surface area contributed by atoms with Gasteiger partial charge in [-0.15, -0.1) is 0 Å². The van der Waals surface area contributed by atoms with Crippen LogP contribution in [0.2, 0.25) is 0 Å². The Hall–Kier alpha value is -2.39. The Morgan fingerprint density at radius 3 is 2.76 bits per heavy atom. The first-order chi connectivity index (χ1) is 13.5. The van der Waals surface area contributed by atoms with Gasteiger partial charge in [0, 0.05) is 36.3 Å². The maximum Gasteiger partial charge on any atom is 0.256 e. The molecule has 2 aliphatic heterocycles. The van der Waals surface area contributed by atoms with Crippen molar-refractivity contribution in [3.63, 3.8) is 0 Å². The van der Waals surface area contributed by atoms with E-state index >= 15 is 0 Å². The van der Waals surface area contributed by atoms with Gasteiger partial charge in [-0.2, -0.15) is 14.1 Å². The Morgan fingerprint density at radius 1 is 1.34 bits per heavy atom. The van der Waals surface area contributed by atoms with Gasteiger partial charge in [-0.25, -0.2) is 8.42 Å². The molecule has 2 aromatic rings. The molecule has 29 heavy (non-hydrogen) atoms. The molecular weight excluding hydrogens is 390 g/mol. The number of para-hydroxylation sites is 1. The van der Waals surface area contributed by atoms with Crippen LogP contribution in [0.3, 0.4) is 0 Å². The van der Waals surface area contributed by atoms with Gasteiger partial charge in [0.15, 0.2) is 0 Å². The molecule has 9 heteroatoms. The molecule has 0 aliphatic carbocycles. The van der Waals surface area contributed by atoms with Gasteiger partial charge in [0.1, 0.15) is 5.82 Å². The highest BCUT2D eigenvalue weighted by Crippen LogP contribution is 2.38. The zero-order valence-electron chi connectivity index (χ0n) is 17.2. The lowest BCUT2D eigenvalue weighted by atomic mass is 9.88. The average molecular weight is 418 g/mol. The monoisotopic (exact) mass is 417 g/mol. The number of aromatic nitrogens is 2. The van der Waals surface area contributed by atoms with E-state index in [4.69, 9.17) is 5.73 Å². The molecule has 1 atom stereocenters. The third kappa shape index (κ3) is 3.22. The van der Waals surface area contributed by atoms with E-state index in [-0.39, 0.29) is 24.2 Å². The summed E-state index contributed by atoms with van der Waals surface area (Å²) >= 11 is 0. The van der Waals surface area contributed by atoms with Crippen LogP contribution in [0.25, 0.3) is 0 Å². The fourth-order valence-electron chi connectivity index (χ4n) is 4.54. The van der Waals surface area contributed by atoms with Crippen molar-refractivity contribution in [3.05, 3.63) is 40.6 Å². The van der Waals surface area contributed by atoms with Crippen LogP contribution in [-0.4, -0.2) is 46.8 Å². The molecule has 0 saturated carbocycles. The van der Waals surface area contributed by atoms with Crippen LogP contribution in [0.5, 0.6) is 0 Å². The number of hydrogen-bond acceptors (Lipinski definition) is 6. The fourth-order valence-corrected chi connectivity index (χ4v) is 5.86. The third-order valence-corrected chi connectivity index (χ3v) is 7.43. The number of rotatable bonds is 2. The number of benzene rings is 1. The molecule has 1 aromatic carbocycles. The zero-order chi connectivity index (χ0) is 21.1. The second-order valence-corrected chi connectivity index (χ2v) is 10.5. The predicted molar refractivity (Wildman–Crippen MR) is 112 cm³/mol. The van der Waals surface area contributed by atoms with Crippen molar-refractivity contribution in [2.75, 3.05) is 23.9 Å². The molecule has 1 aromatic heterocycles. The second-order valence-electron chi connectivity index (χ2n) is 8.63. The maximum absolute atomic E-state index is 13.4. The summed E-state index contributed by atoms with van der Waals surface area (Å²) in [5.74, 6) is -0.273. The van der Waals surface area contributed by atoms with E-state index in [1.54, 1.807) is 0 Å². The molecule has 0 spiro atoms. The first kappa shape index (κ1) is 19.9. The normalized spacial score (nSPS) is 21.2. The lowest BCUT2D eigenvalue weighted by Gasteiger charge is -2.39. The summed E-state index contributed by atoms with van der Waals surface area (Å²) in [6.45, 7) is 6.56. The predicted octanol–water partition coefficient (Wildman–Crippen LogP) is 2.11. The van der Waals surface area contributed by atoms with E-state index < -0.39 is 15.6 Å². The maximum atomic E-state index is 13.4. The van der Waals surface area contributed by atoms with Gasteiger partial charge in [0.05, 0.1) is 17.9 Å². The molecule has 0 fully saturated rings. The lowest BCUT2D eigenvalue weighted by molar-refractivity contribution is 0.0858. The summed E-state index contributed by atoms with van der Waals surface area (Å²) in [7, 11) is -3.42. The summed E-state index contributed by atoms with van der Waals surface area (Å²) in [5.41, 5.74) is 10.1. The van der Waals surface area contributed by atoms with Crippen LogP contribution in [0.15, 0.2) is 18.2 Å². The van der Waals surface area contributed by atoms with Crippen LogP contribution >= 0.6 is 0 Å². The quantitative estimate of drug-likeness (QED) is 0.774. The summed E-state index contributed by atoms with van der Waals surface area (Å²) in [6.07, 6.45) is 2.25. The number of hydrogen-bond donors (Lipinski definition) is 2. The number of nitrogens with zero attached hydrogens (tertiary/aromatic N) is 3. The molecule has 2 aliphatic rings. The Labute approximate surface area is 171 Å². The molecule has 3 heterocycles. The van der Waals surface area contributed by atoms with Gasteiger partial charge in [-0.1, -0.05) is 18.2 Å². The fraction of sp³-hybridized carbons (Fsp3) is 0.500. The highest BCUT2D eigenvalue weighted by molar-refractivity contribution is 7.88. The minimum Gasteiger partial charge on any atom is -0.385 e. The Morgan fingerprint density at radius 2 is 2.07 bits per heavy atom. The second kappa shape index (κ2) is 6.56. The van der Waals surface area contributed by atoms with Crippen molar-refractivity contribution in [3.8, 4) is 0 Å². The molecule has 1 unspecified atom stereocenters. The van der Waals surface area contributed by atoms with E-state index in [9.17, 15) is 13.2 Å². The summed E-state index contributed by atoms with van der Waals surface area (Å²) in [5, 5.41) is 7.91. The largest absolute Gasteiger partial charge is 0.385 e. The number of anilines is 2. The first-order valence-corrected chi connectivity index (χ1v) is 11.6. The molecule has 0 saturated heterocycles. The van der Waals surface area contributed by atoms with Gasteiger partial charge in [-0.3, -0.25) is 4.79 Å². The number of nitrogens with two attached hydrogens (primary N) is 1. The number of aryl methyl sites for hydroxylation is 1.